The maximum Gasteiger partial charge on any atom is 0.340 e. The van der Waals surface area contributed by atoms with Crippen LogP contribution < -0.4 is 20.3 Å². The molecule has 9 heteroatoms. The molecule has 144 valence electrons. The minimum atomic E-state index is -0.657. The zero-order valence-corrected chi connectivity index (χ0v) is 15.6. The first-order valence-electron chi connectivity index (χ1n) is 8.19. The number of hydrogen-bond acceptors (Lipinski definition) is 7. The number of amides is 1. The van der Waals surface area contributed by atoms with E-state index in [4.69, 9.17) is 14.2 Å². The number of aromatic nitrogens is 2. The maximum absolute atomic E-state index is 12.6. The summed E-state index contributed by atoms with van der Waals surface area (Å²) in [7, 11) is 4.09. The lowest BCUT2D eigenvalue weighted by Crippen LogP contribution is -2.26. The van der Waals surface area contributed by atoms with E-state index in [0.717, 1.165) is 0 Å². The van der Waals surface area contributed by atoms with Crippen LogP contribution in [-0.4, -0.2) is 43.0 Å². The summed E-state index contributed by atoms with van der Waals surface area (Å²) in [5.74, 6) is -0.609. The van der Waals surface area contributed by atoms with Gasteiger partial charge < -0.3 is 19.5 Å². The van der Waals surface area contributed by atoms with Crippen LogP contribution in [0.15, 0.2) is 29.1 Å². The number of nitrogens with zero attached hydrogens (tertiary/aromatic N) is 2. The van der Waals surface area contributed by atoms with E-state index >= 15 is 0 Å². The van der Waals surface area contributed by atoms with Crippen LogP contribution in [0.3, 0.4) is 0 Å². The zero-order valence-electron chi connectivity index (χ0n) is 15.6. The number of esters is 1. The number of rotatable bonds is 7. The number of nitrogens with one attached hydrogen (secondary N) is 1. The smallest absolute Gasteiger partial charge is 0.340 e. The summed E-state index contributed by atoms with van der Waals surface area (Å²) < 4.78 is 16.4. The Morgan fingerprint density at radius 2 is 1.78 bits per heavy atom. The largest absolute Gasteiger partial charge is 0.493 e. The van der Waals surface area contributed by atoms with Gasteiger partial charge in [-0.2, -0.15) is 5.10 Å². The van der Waals surface area contributed by atoms with Gasteiger partial charge >= 0.3 is 5.97 Å². The summed E-state index contributed by atoms with van der Waals surface area (Å²) >= 11 is 0. The third-order valence-corrected chi connectivity index (χ3v) is 3.71. The number of methoxy groups -OCH3 is 3. The second-order valence-corrected chi connectivity index (χ2v) is 5.48. The fraction of sp³-hybridized carbons (Fsp3) is 0.333. The topological polar surface area (TPSA) is 109 Å². The molecule has 2 aromatic rings. The Morgan fingerprint density at radius 3 is 2.37 bits per heavy atom. The molecule has 0 saturated carbocycles. The molecule has 27 heavy (non-hydrogen) atoms. The number of aryl methyl sites for hydroxylation is 1. The van der Waals surface area contributed by atoms with Crippen molar-refractivity contribution in [1.29, 1.82) is 0 Å². The third kappa shape index (κ3) is 4.43. The van der Waals surface area contributed by atoms with Crippen molar-refractivity contribution in [2.24, 2.45) is 0 Å². The number of anilines is 1. The molecular weight excluding hydrogens is 354 g/mol. The molecule has 1 heterocycles. The summed E-state index contributed by atoms with van der Waals surface area (Å²) in [5, 5.41) is 6.65. The highest BCUT2D eigenvalue weighted by atomic mass is 16.5. The van der Waals surface area contributed by atoms with Gasteiger partial charge in [0.1, 0.15) is 5.69 Å². The molecule has 1 N–H and O–H groups in total. The van der Waals surface area contributed by atoms with Crippen molar-refractivity contribution in [2.75, 3.05) is 26.6 Å². The predicted molar refractivity (Wildman–Crippen MR) is 97.6 cm³/mol. The summed E-state index contributed by atoms with van der Waals surface area (Å²) in [5.41, 5.74) is -0.00617. The van der Waals surface area contributed by atoms with Crippen LogP contribution in [0, 0.1) is 0 Å². The molecule has 0 aliphatic rings. The summed E-state index contributed by atoms with van der Waals surface area (Å²) in [6.45, 7) is 2.29. The lowest BCUT2D eigenvalue weighted by Gasteiger charge is -2.14. The SMILES string of the molecule is CCCn1nc(C(=O)Nc2cc(OC)c(OC)cc2C(=O)OC)ccc1=O. The Kier molecular flexibility index (Phi) is 6.53. The van der Waals surface area contributed by atoms with Crippen molar-refractivity contribution in [2.45, 2.75) is 19.9 Å². The molecule has 1 aromatic carbocycles. The van der Waals surface area contributed by atoms with E-state index in [2.05, 4.69) is 10.4 Å². The Hall–Kier alpha value is -3.36. The zero-order chi connectivity index (χ0) is 20.0. The van der Waals surface area contributed by atoms with Gasteiger partial charge in [0.05, 0.1) is 32.6 Å². The van der Waals surface area contributed by atoms with Crippen molar-refractivity contribution in [1.82, 2.24) is 9.78 Å². The highest BCUT2D eigenvalue weighted by Gasteiger charge is 2.20. The maximum atomic E-state index is 12.6. The molecule has 0 fully saturated rings. The van der Waals surface area contributed by atoms with Gasteiger partial charge in [-0.25, -0.2) is 9.48 Å². The lowest BCUT2D eigenvalue weighted by atomic mass is 10.1. The normalized spacial score (nSPS) is 10.2. The van der Waals surface area contributed by atoms with Crippen LogP contribution in [0.1, 0.15) is 34.2 Å². The summed E-state index contributed by atoms with van der Waals surface area (Å²) in [6, 6.07) is 5.45. The quantitative estimate of drug-likeness (QED) is 0.734. The van der Waals surface area contributed by atoms with Crippen molar-refractivity contribution in [3.05, 3.63) is 45.9 Å². The Bertz CT molecular complexity index is 906. The summed E-state index contributed by atoms with van der Waals surface area (Å²) in [6.07, 6.45) is 0.695. The van der Waals surface area contributed by atoms with Crippen LogP contribution in [0.2, 0.25) is 0 Å². The van der Waals surface area contributed by atoms with Crippen LogP contribution >= 0.6 is 0 Å². The van der Waals surface area contributed by atoms with Crippen LogP contribution in [0.25, 0.3) is 0 Å². The molecular formula is C18H21N3O6. The van der Waals surface area contributed by atoms with Gasteiger partial charge in [-0.3, -0.25) is 9.59 Å². The van der Waals surface area contributed by atoms with Crippen LogP contribution in [0.4, 0.5) is 5.69 Å². The first-order valence-corrected chi connectivity index (χ1v) is 8.19. The first kappa shape index (κ1) is 20.0. The molecule has 0 aliphatic heterocycles. The molecule has 0 unspecified atom stereocenters. The van der Waals surface area contributed by atoms with E-state index in [9.17, 15) is 14.4 Å². The van der Waals surface area contributed by atoms with Gasteiger partial charge in [0.2, 0.25) is 0 Å². The van der Waals surface area contributed by atoms with E-state index in [1.807, 2.05) is 6.92 Å². The van der Waals surface area contributed by atoms with E-state index in [-0.39, 0.29) is 22.5 Å². The average Bonchev–Trinajstić information content (AvgIpc) is 2.68. The minimum Gasteiger partial charge on any atom is -0.493 e. The van der Waals surface area contributed by atoms with Crippen molar-refractivity contribution in [3.63, 3.8) is 0 Å². The number of ether oxygens (including phenoxy) is 3. The fourth-order valence-electron chi connectivity index (χ4n) is 2.39. The molecule has 2 rings (SSSR count). The molecule has 0 radical (unpaired) electrons. The van der Waals surface area contributed by atoms with Crippen LogP contribution in [-0.2, 0) is 11.3 Å². The van der Waals surface area contributed by atoms with Crippen molar-refractivity contribution >= 4 is 17.6 Å². The van der Waals surface area contributed by atoms with E-state index < -0.39 is 11.9 Å². The first-order chi connectivity index (χ1) is 12.9. The van der Waals surface area contributed by atoms with Gasteiger partial charge in [-0.1, -0.05) is 6.92 Å². The van der Waals surface area contributed by atoms with Gasteiger partial charge in [-0.05, 0) is 12.5 Å². The Labute approximate surface area is 155 Å². The highest BCUT2D eigenvalue weighted by Crippen LogP contribution is 2.33. The van der Waals surface area contributed by atoms with Gasteiger partial charge in [0.15, 0.2) is 11.5 Å². The van der Waals surface area contributed by atoms with Crippen molar-refractivity contribution < 1.29 is 23.8 Å². The molecule has 0 bridgehead atoms. The highest BCUT2D eigenvalue weighted by molar-refractivity contribution is 6.07. The molecule has 0 aliphatic carbocycles. The molecule has 0 atom stereocenters. The second-order valence-electron chi connectivity index (χ2n) is 5.48. The van der Waals surface area contributed by atoms with Crippen molar-refractivity contribution in [3.8, 4) is 11.5 Å². The molecule has 0 saturated heterocycles. The number of carbonyl (C=O) groups excluding carboxylic acids is 2. The molecule has 9 nitrogen and oxygen atoms in total. The fourth-order valence-corrected chi connectivity index (χ4v) is 2.39. The predicted octanol–water partition coefficient (Wildman–Crippen LogP) is 1.71. The second kappa shape index (κ2) is 8.84. The number of carbonyl (C=O) groups is 2. The van der Waals surface area contributed by atoms with Gasteiger partial charge in [0.25, 0.3) is 11.5 Å². The monoisotopic (exact) mass is 375 g/mol. The summed E-state index contributed by atoms with van der Waals surface area (Å²) in [4.78, 5) is 36.4. The molecule has 1 amide bonds. The third-order valence-electron chi connectivity index (χ3n) is 3.71. The number of hydrogen-bond donors (Lipinski definition) is 1. The number of benzene rings is 1. The van der Waals surface area contributed by atoms with E-state index in [1.165, 1.54) is 50.3 Å². The van der Waals surface area contributed by atoms with Crippen LogP contribution in [0.5, 0.6) is 11.5 Å². The Morgan fingerprint density at radius 1 is 1.11 bits per heavy atom. The van der Waals surface area contributed by atoms with Gasteiger partial charge in [-0.15, -0.1) is 0 Å². The lowest BCUT2D eigenvalue weighted by molar-refractivity contribution is 0.0601. The average molecular weight is 375 g/mol. The van der Waals surface area contributed by atoms with Gasteiger partial charge in [0, 0.05) is 24.7 Å². The standard InChI is InChI=1S/C18H21N3O6/c1-5-8-21-16(22)7-6-12(20-21)17(23)19-13-10-15(26-3)14(25-2)9-11(13)18(24)27-4/h6-7,9-10H,5,8H2,1-4H3,(H,19,23). The molecule has 0 spiro atoms. The minimum absolute atomic E-state index is 0.0358. The van der Waals surface area contributed by atoms with E-state index in [1.54, 1.807) is 0 Å². The Balaban J connectivity index is 2.43. The van der Waals surface area contributed by atoms with E-state index in [0.29, 0.717) is 24.5 Å². The molecule has 1 aromatic heterocycles.